The molecule has 1 aliphatic carbocycles. The Morgan fingerprint density at radius 1 is 0.909 bits per heavy atom. The van der Waals surface area contributed by atoms with Crippen LogP contribution in [0.1, 0.15) is 36.8 Å². The topological polar surface area (TPSA) is 130 Å². The number of amides is 2. The van der Waals surface area contributed by atoms with Crippen molar-refractivity contribution in [3.63, 3.8) is 0 Å². The minimum absolute atomic E-state index is 0.0286. The molecule has 44 heavy (non-hydrogen) atoms. The lowest BCUT2D eigenvalue weighted by molar-refractivity contribution is 0.240. The molecule has 11 heteroatoms. The van der Waals surface area contributed by atoms with E-state index >= 15 is 0 Å². The molecule has 0 radical (unpaired) electrons. The van der Waals surface area contributed by atoms with Crippen molar-refractivity contribution in [1.29, 1.82) is 5.26 Å². The predicted molar refractivity (Wildman–Crippen MR) is 168 cm³/mol. The summed E-state index contributed by atoms with van der Waals surface area (Å²) >= 11 is 0. The van der Waals surface area contributed by atoms with Crippen molar-refractivity contribution < 1.29 is 4.79 Å². The maximum absolute atomic E-state index is 13.7. The van der Waals surface area contributed by atoms with Crippen LogP contribution in [0.15, 0.2) is 85.6 Å². The summed E-state index contributed by atoms with van der Waals surface area (Å²) in [6.45, 7) is 0.455. The number of nitrogens with one attached hydrogen (secondary N) is 2. The van der Waals surface area contributed by atoms with Gasteiger partial charge >= 0.3 is 6.03 Å². The molecule has 2 aromatic carbocycles. The third kappa shape index (κ3) is 6.44. The van der Waals surface area contributed by atoms with Crippen molar-refractivity contribution in [2.75, 3.05) is 10.2 Å². The highest BCUT2D eigenvalue weighted by Gasteiger charge is 2.30. The molecule has 3 heterocycles. The van der Waals surface area contributed by atoms with Crippen molar-refractivity contribution in [3.05, 3.63) is 96.7 Å². The third-order valence-corrected chi connectivity index (χ3v) is 7.97. The summed E-state index contributed by atoms with van der Waals surface area (Å²) in [6.07, 6.45) is 12.2. The zero-order valence-electron chi connectivity index (χ0n) is 24.8. The summed E-state index contributed by atoms with van der Waals surface area (Å²) < 4.78 is 3.46. The molecule has 0 aliphatic heterocycles. The van der Waals surface area contributed by atoms with Crippen molar-refractivity contribution >= 4 is 17.7 Å². The first kappa shape index (κ1) is 28.6. The van der Waals surface area contributed by atoms with E-state index in [1.165, 1.54) is 0 Å². The summed E-state index contributed by atoms with van der Waals surface area (Å²) in [5.41, 5.74) is 5.71. The molecule has 0 unspecified atom stereocenters. The van der Waals surface area contributed by atoms with Crippen molar-refractivity contribution in [3.8, 4) is 28.5 Å². The Morgan fingerprint density at radius 3 is 2.23 bits per heavy atom. The van der Waals surface area contributed by atoms with Gasteiger partial charge in [0, 0.05) is 61.9 Å². The number of benzene rings is 2. The Bertz CT molecular complexity index is 1760. The average molecular weight is 587 g/mol. The highest BCUT2D eigenvalue weighted by Crippen LogP contribution is 2.31. The predicted octanol–water partition coefficient (Wildman–Crippen LogP) is 5.29. The zero-order chi connectivity index (χ0) is 30.5. The van der Waals surface area contributed by atoms with Crippen LogP contribution in [0.4, 0.5) is 16.4 Å². The number of rotatable bonds is 8. The number of aryl methyl sites for hydroxylation is 2. The standard InChI is InChI=1S/C33H34N10O/c1-41-21-26(19-37-41)24-8-12-29(13-9-24)43(33(44)36-17-23-6-4-3-5-7-23)30-14-10-28(11-15-30)39-32-35-18-25(16-34)31(40-32)27-20-38-42(2)22-27/h3-9,12-13,18-22,28,30H,10-11,14-15,17H2,1-2H3,(H,36,44)(H,35,39,40). The Morgan fingerprint density at radius 2 is 1.59 bits per heavy atom. The fourth-order valence-electron chi connectivity index (χ4n) is 5.70. The molecule has 6 rings (SSSR count). The smallest absolute Gasteiger partial charge is 0.322 e. The average Bonchev–Trinajstić information content (AvgIpc) is 3.70. The van der Waals surface area contributed by atoms with E-state index < -0.39 is 0 Å². The van der Waals surface area contributed by atoms with Gasteiger partial charge in [-0.1, -0.05) is 42.5 Å². The largest absolute Gasteiger partial charge is 0.351 e. The minimum atomic E-state index is -0.115. The van der Waals surface area contributed by atoms with E-state index in [1.54, 1.807) is 21.8 Å². The van der Waals surface area contributed by atoms with Gasteiger partial charge in [0.15, 0.2) is 0 Å². The summed E-state index contributed by atoms with van der Waals surface area (Å²) in [5.74, 6) is 0.481. The zero-order valence-corrected chi connectivity index (χ0v) is 24.8. The van der Waals surface area contributed by atoms with Gasteiger partial charge in [0.1, 0.15) is 6.07 Å². The van der Waals surface area contributed by atoms with Crippen LogP contribution in [0.25, 0.3) is 22.4 Å². The summed E-state index contributed by atoms with van der Waals surface area (Å²) in [5, 5.41) is 24.7. The van der Waals surface area contributed by atoms with Crippen molar-refractivity contribution in [1.82, 2.24) is 34.8 Å². The van der Waals surface area contributed by atoms with Crippen LogP contribution in [-0.4, -0.2) is 47.6 Å². The molecular weight excluding hydrogens is 552 g/mol. The summed E-state index contributed by atoms with van der Waals surface area (Å²) in [6, 6.07) is 20.3. The quantitative estimate of drug-likeness (QED) is 0.253. The number of carbonyl (C=O) groups excluding carboxylic acids is 1. The second-order valence-corrected chi connectivity index (χ2v) is 11.1. The first-order valence-electron chi connectivity index (χ1n) is 14.7. The van der Waals surface area contributed by atoms with Gasteiger partial charge in [0.25, 0.3) is 0 Å². The molecule has 2 N–H and O–H groups in total. The number of anilines is 2. The van der Waals surface area contributed by atoms with Gasteiger partial charge in [0.05, 0.1) is 29.8 Å². The number of nitrogens with zero attached hydrogens (tertiary/aromatic N) is 8. The van der Waals surface area contributed by atoms with E-state index in [0.717, 1.165) is 53.6 Å². The van der Waals surface area contributed by atoms with E-state index in [-0.39, 0.29) is 18.1 Å². The van der Waals surface area contributed by atoms with Crippen molar-refractivity contribution in [2.45, 2.75) is 44.3 Å². The van der Waals surface area contributed by atoms with Gasteiger partial charge in [-0.25, -0.2) is 14.8 Å². The normalized spacial score (nSPS) is 16.2. The SMILES string of the molecule is Cn1cc(-c2ccc(N(C(=O)NCc3ccccc3)C3CCC(Nc4ncc(C#N)c(-c5cnn(C)c5)n4)CC3)cc2)cn1. The van der Waals surface area contributed by atoms with Gasteiger partial charge in [-0.3, -0.25) is 14.3 Å². The molecule has 0 atom stereocenters. The molecule has 11 nitrogen and oxygen atoms in total. The van der Waals surface area contributed by atoms with Crippen LogP contribution in [0.5, 0.6) is 0 Å². The number of aromatic nitrogens is 6. The first-order valence-corrected chi connectivity index (χ1v) is 14.7. The van der Waals surface area contributed by atoms with Gasteiger partial charge in [0.2, 0.25) is 5.95 Å². The second-order valence-electron chi connectivity index (χ2n) is 11.1. The van der Waals surface area contributed by atoms with Gasteiger partial charge in [-0.2, -0.15) is 15.5 Å². The molecule has 5 aromatic rings. The van der Waals surface area contributed by atoms with Gasteiger partial charge in [-0.05, 0) is 48.9 Å². The lowest BCUT2D eigenvalue weighted by Crippen LogP contribution is -2.48. The first-order chi connectivity index (χ1) is 21.5. The fourth-order valence-corrected chi connectivity index (χ4v) is 5.70. The molecular formula is C33H34N10O. The molecule has 0 saturated heterocycles. The van der Waals surface area contributed by atoms with E-state index in [2.05, 4.69) is 36.9 Å². The van der Waals surface area contributed by atoms with Gasteiger partial charge in [-0.15, -0.1) is 0 Å². The lowest BCUT2D eigenvalue weighted by Gasteiger charge is -2.37. The Hall–Kier alpha value is -5.50. The van der Waals surface area contributed by atoms with E-state index in [4.69, 9.17) is 0 Å². The Labute approximate surface area is 256 Å². The van der Waals surface area contributed by atoms with Crippen LogP contribution in [0, 0.1) is 11.3 Å². The number of urea groups is 1. The molecule has 3 aromatic heterocycles. The van der Waals surface area contributed by atoms with Gasteiger partial charge < -0.3 is 10.6 Å². The summed E-state index contributed by atoms with van der Waals surface area (Å²) in [4.78, 5) is 24.7. The lowest BCUT2D eigenvalue weighted by atomic mass is 9.90. The van der Waals surface area contributed by atoms with Crippen LogP contribution in [-0.2, 0) is 20.6 Å². The van der Waals surface area contributed by atoms with E-state index in [1.807, 2.05) is 92.2 Å². The fraction of sp³-hybridized carbons (Fsp3) is 0.273. The van der Waals surface area contributed by atoms with Crippen LogP contribution in [0.3, 0.4) is 0 Å². The molecule has 1 saturated carbocycles. The number of carbonyl (C=O) groups is 1. The monoisotopic (exact) mass is 586 g/mol. The Balaban J connectivity index is 1.17. The maximum Gasteiger partial charge on any atom is 0.322 e. The third-order valence-electron chi connectivity index (χ3n) is 7.97. The molecule has 1 fully saturated rings. The summed E-state index contributed by atoms with van der Waals surface area (Å²) in [7, 11) is 3.73. The molecule has 222 valence electrons. The molecule has 1 aliphatic rings. The van der Waals surface area contributed by atoms with Crippen LogP contribution < -0.4 is 15.5 Å². The van der Waals surface area contributed by atoms with Crippen LogP contribution in [0.2, 0.25) is 0 Å². The number of hydrogen-bond donors (Lipinski definition) is 2. The molecule has 2 amide bonds. The van der Waals surface area contributed by atoms with Crippen molar-refractivity contribution in [2.24, 2.45) is 14.1 Å². The Kier molecular flexibility index (Phi) is 8.32. The molecule has 0 spiro atoms. The minimum Gasteiger partial charge on any atom is -0.351 e. The van der Waals surface area contributed by atoms with E-state index in [0.29, 0.717) is 23.8 Å². The highest BCUT2D eigenvalue weighted by atomic mass is 16.2. The maximum atomic E-state index is 13.7. The number of hydrogen-bond acceptors (Lipinski definition) is 7. The number of nitriles is 1. The highest BCUT2D eigenvalue weighted by molar-refractivity contribution is 5.93. The second kappa shape index (κ2) is 12.8. The van der Waals surface area contributed by atoms with E-state index in [9.17, 15) is 10.1 Å². The molecule has 0 bridgehead atoms. The van der Waals surface area contributed by atoms with Crippen LogP contribution >= 0.6 is 0 Å².